The summed E-state index contributed by atoms with van der Waals surface area (Å²) in [4.78, 5) is 6.79. The summed E-state index contributed by atoms with van der Waals surface area (Å²) < 4.78 is 13.1. The van der Waals surface area contributed by atoms with E-state index in [4.69, 9.17) is 9.26 Å². The lowest BCUT2D eigenvalue weighted by molar-refractivity contribution is 0.122. The monoisotopic (exact) mass is 462 g/mol. The maximum atomic E-state index is 5.53. The minimum atomic E-state index is 0.524. The van der Waals surface area contributed by atoms with Gasteiger partial charge in [-0.05, 0) is 29.7 Å². The molecule has 33 heavy (non-hydrogen) atoms. The standard InChI is InChI=1S/C24H26N6O2S/c1-2-18-9-6-10-20(15-18)30-23(29-11-13-31-14-12-29)26-27-24(30)33-17-22-25-21(28-32-22)16-19-7-4-3-5-8-19/h3-10,15H,2,11-14,16-17H2,1H3. The molecular formula is C24H26N6O2S. The highest BCUT2D eigenvalue weighted by Crippen LogP contribution is 2.29. The van der Waals surface area contributed by atoms with Crippen molar-refractivity contribution in [2.45, 2.75) is 30.7 Å². The van der Waals surface area contributed by atoms with Crippen molar-refractivity contribution in [2.75, 3.05) is 31.2 Å². The predicted octanol–water partition coefficient (Wildman–Crippen LogP) is 3.93. The van der Waals surface area contributed by atoms with Crippen LogP contribution in [-0.4, -0.2) is 51.2 Å². The van der Waals surface area contributed by atoms with Crippen molar-refractivity contribution in [3.63, 3.8) is 0 Å². The van der Waals surface area contributed by atoms with Gasteiger partial charge in [0.25, 0.3) is 0 Å². The first-order valence-electron chi connectivity index (χ1n) is 11.2. The number of morpholine rings is 1. The fraction of sp³-hybridized carbons (Fsp3) is 0.333. The van der Waals surface area contributed by atoms with Crippen LogP contribution in [0.25, 0.3) is 5.69 Å². The van der Waals surface area contributed by atoms with Gasteiger partial charge in [0.15, 0.2) is 11.0 Å². The fourth-order valence-corrected chi connectivity index (χ4v) is 4.58. The molecule has 0 aliphatic carbocycles. The van der Waals surface area contributed by atoms with E-state index in [9.17, 15) is 0 Å². The van der Waals surface area contributed by atoms with E-state index in [0.29, 0.717) is 37.1 Å². The quantitative estimate of drug-likeness (QED) is 0.364. The molecule has 8 nitrogen and oxygen atoms in total. The van der Waals surface area contributed by atoms with Gasteiger partial charge in [0.1, 0.15) is 0 Å². The number of rotatable bonds is 8. The molecule has 2 aromatic carbocycles. The number of aromatic nitrogens is 5. The Hall–Kier alpha value is -3.17. The van der Waals surface area contributed by atoms with Gasteiger partial charge in [0, 0.05) is 19.5 Å². The lowest BCUT2D eigenvalue weighted by Gasteiger charge is -2.28. The lowest BCUT2D eigenvalue weighted by Crippen LogP contribution is -2.37. The minimum absolute atomic E-state index is 0.524. The third-order valence-electron chi connectivity index (χ3n) is 5.53. The van der Waals surface area contributed by atoms with Crippen LogP contribution in [0, 0.1) is 0 Å². The van der Waals surface area contributed by atoms with E-state index in [1.54, 1.807) is 11.8 Å². The van der Waals surface area contributed by atoms with Crippen molar-refractivity contribution in [1.29, 1.82) is 0 Å². The summed E-state index contributed by atoms with van der Waals surface area (Å²) in [5.41, 5.74) is 3.48. The van der Waals surface area contributed by atoms with Gasteiger partial charge >= 0.3 is 0 Å². The molecule has 0 atom stereocenters. The summed E-state index contributed by atoms with van der Waals surface area (Å²) in [6.45, 7) is 5.13. The highest BCUT2D eigenvalue weighted by atomic mass is 32.2. The average Bonchev–Trinajstić information content (AvgIpc) is 3.51. The van der Waals surface area contributed by atoms with Crippen LogP contribution in [0.15, 0.2) is 64.3 Å². The van der Waals surface area contributed by atoms with E-state index in [1.165, 1.54) is 5.56 Å². The Balaban J connectivity index is 1.37. The molecule has 3 heterocycles. The normalized spacial score (nSPS) is 14.0. The molecule has 0 N–H and O–H groups in total. The number of benzene rings is 2. The molecule has 1 aliphatic heterocycles. The van der Waals surface area contributed by atoms with E-state index in [2.05, 4.69) is 73.1 Å². The maximum Gasteiger partial charge on any atom is 0.237 e. The Morgan fingerprint density at radius 2 is 1.79 bits per heavy atom. The molecule has 1 fully saturated rings. The minimum Gasteiger partial charge on any atom is -0.378 e. The topological polar surface area (TPSA) is 82.1 Å². The second-order valence-corrected chi connectivity index (χ2v) is 8.74. The molecule has 0 spiro atoms. The Kier molecular flexibility index (Phi) is 6.68. The van der Waals surface area contributed by atoms with Crippen molar-refractivity contribution in [3.8, 4) is 5.69 Å². The van der Waals surface area contributed by atoms with Crippen molar-refractivity contribution >= 4 is 17.7 Å². The van der Waals surface area contributed by atoms with Gasteiger partial charge in [-0.1, -0.05) is 66.3 Å². The third kappa shape index (κ3) is 5.09. The first-order valence-corrected chi connectivity index (χ1v) is 12.1. The largest absolute Gasteiger partial charge is 0.378 e. The van der Waals surface area contributed by atoms with Gasteiger partial charge in [0.2, 0.25) is 11.8 Å². The fourth-order valence-electron chi connectivity index (χ4n) is 3.79. The van der Waals surface area contributed by atoms with Crippen LogP contribution < -0.4 is 4.90 Å². The molecule has 4 aromatic rings. The highest BCUT2D eigenvalue weighted by molar-refractivity contribution is 7.98. The Labute approximate surface area is 197 Å². The van der Waals surface area contributed by atoms with Crippen molar-refractivity contribution in [3.05, 3.63) is 77.4 Å². The first kappa shape index (κ1) is 21.7. The van der Waals surface area contributed by atoms with Gasteiger partial charge in [-0.25, -0.2) is 0 Å². The molecule has 5 rings (SSSR count). The molecule has 0 amide bonds. The second kappa shape index (κ2) is 10.2. The number of ether oxygens (including phenoxy) is 1. The summed E-state index contributed by atoms with van der Waals surface area (Å²) in [7, 11) is 0. The summed E-state index contributed by atoms with van der Waals surface area (Å²) >= 11 is 1.55. The molecule has 9 heteroatoms. The zero-order valence-electron chi connectivity index (χ0n) is 18.6. The van der Waals surface area contributed by atoms with Crippen LogP contribution in [0.2, 0.25) is 0 Å². The summed E-state index contributed by atoms with van der Waals surface area (Å²) in [6.07, 6.45) is 1.62. The van der Waals surface area contributed by atoms with Crippen LogP contribution in [-0.2, 0) is 23.3 Å². The number of hydrogen-bond acceptors (Lipinski definition) is 8. The predicted molar refractivity (Wildman–Crippen MR) is 127 cm³/mol. The van der Waals surface area contributed by atoms with Crippen LogP contribution >= 0.6 is 11.8 Å². The number of thioether (sulfide) groups is 1. The van der Waals surface area contributed by atoms with Crippen LogP contribution in [0.5, 0.6) is 0 Å². The molecule has 170 valence electrons. The Morgan fingerprint density at radius 1 is 0.970 bits per heavy atom. The number of hydrogen-bond donors (Lipinski definition) is 0. The molecule has 0 radical (unpaired) electrons. The number of nitrogens with zero attached hydrogens (tertiary/aromatic N) is 6. The molecule has 0 saturated carbocycles. The summed E-state index contributed by atoms with van der Waals surface area (Å²) in [6, 6.07) is 18.7. The van der Waals surface area contributed by atoms with Crippen LogP contribution in [0.4, 0.5) is 5.95 Å². The molecule has 2 aromatic heterocycles. The van der Waals surface area contributed by atoms with Crippen LogP contribution in [0.1, 0.15) is 29.8 Å². The molecule has 0 bridgehead atoms. The number of anilines is 1. The first-order chi connectivity index (χ1) is 16.3. The Bertz CT molecular complexity index is 1190. The summed E-state index contributed by atoms with van der Waals surface area (Å²) in [5.74, 6) is 2.62. The second-order valence-electron chi connectivity index (χ2n) is 7.80. The highest BCUT2D eigenvalue weighted by Gasteiger charge is 2.22. The smallest absolute Gasteiger partial charge is 0.237 e. The lowest BCUT2D eigenvalue weighted by atomic mass is 10.1. The van der Waals surface area contributed by atoms with E-state index in [-0.39, 0.29) is 0 Å². The van der Waals surface area contributed by atoms with Crippen molar-refractivity contribution in [1.82, 2.24) is 24.9 Å². The SMILES string of the molecule is CCc1cccc(-n2c(SCc3nc(Cc4ccccc4)no3)nnc2N2CCOCC2)c1. The van der Waals surface area contributed by atoms with Crippen molar-refractivity contribution in [2.24, 2.45) is 0 Å². The van der Waals surface area contributed by atoms with Gasteiger partial charge in [-0.2, -0.15) is 4.98 Å². The Morgan fingerprint density at radius 3 is 2.61 bits per heavy atom. The molecule has 1 aliphatic rings. The maximum absolute atomic E-state index is 5.53. The van der Waals surface area contributed by atoms with E-state index >= 15 is 0 Å². The van der Waals surface area contributed by atoms with Gasteiger partial charge in [-0.15, -0.1) is 10.2 Å². The number of aryl methyl sites for hydroxylation is 1. The van der Waals surface area contributed by atoms with E-state index < -0.39 is 0 Å². The van der Waals surface area contributed by atoms with E-state index in [0.717, 1.165) is 41.9 Å². The third-order valence-corrected chi connectivity index (χ3v) is 6.44. The molecule has 1 saturated heterocycles. The van der Waals surface area contributed by atoms with E-state index in [1.807, 2.05) is 18.2 Å². The molecular weight excluding hydrogens is 436 g/mol. The zero-order valence-corrected chi connectivity index (χ0v) is 19.4. The van der Waals surface area contributed by atoms with Gasteiger partial charge in [0.05, 0.1) is 24.7 Å². The molecule has 0 unspecified atom stereocenters. The van der Waals surface area contributed by atoms with Gasteiger partial charge < -0.3 is 14.2 Å². The van der Waals surface area contributed by atoms with Gasteiger partial charge in [-0.3, -0.25) is 4.57 Å². The summed E-state index contributed by atoms with van der Waals surface area (Å²) in [5, 5.41) is 14.0. The zero-order chi connectivity index (χ0) is 22.5. The van der Waals surface area contributed by atoms with Crippen LogP contribution in [0.3, 0.4) is 0 Å². The average molecular weight is 463 g/mol. The van der Waals surface area contributed by atoms with Crippen molar-refractivity contribution < 1.29 is 9.26 Å².